The highest BCUT2D eigenvalue weighted by molar-refractivity contribution is 7.73. The summed E-state index contributed by atoms with van der Waals surface area (Å²) >= 11 is 0. The normalized spacial score (nSPS) is 13.3. The molecular weight excluding hydrogens is 194 g/mol. The zero-order valence-corrected chi connectivity index (χ0v) is 7.41. The van der Waals surface area contributed by atoms with Crippen molar-refractivity contribution in [2.45, 2.75) is 0 Å². The lowest BCUT2D eigenvalue weighted by atomic mass is 10.3. The lowest BCUT2D eigenvalue weighted by Crippen LogP contribution is -1.97. The van der Waals surface area contributed by atoms with Crippen molar-refractivity contribution in [1.82, 2.24) is 0 Å². The van der Waals surface area contributed by atoms with Crippen molar-refractivity contribution in [3.8, 4) is 11.5 Å². The van der Waals surface area contributed by atoms with Crippen LogP contribution in [0.5, 0.6) is 11.5 Å². The Morgan fingerprint density at radius 3 is 2.92 bits per heavy atom. The second-order valence-electron chi connectivity index (χ2n) is 2.41. The molecule has 2 rings (SSSR count). The van der Waals surface area contributed by atoms with Crippen LogP contribution in [-0.4, -0.2) is 15.2 Å². The smallest absolute Gasteiger partial charge is 0.231 e. The Balaban J connectivity index is 2.41. The van der Waals surface area contributed by atoms with Crippen LogP contribution >= 0.6 is 0 Å². The molecule has 0 aliphatic carbocycles. The number of benzene rings is 1. The van der Waals surface area contributed by atoms with Crippen LogP contribution in [0, 0.1) is 0 Å². The summed E-state index contributed by atoms with van der Waals surface area (Å²) in [6.45, 7) is 0.129. The van der Waals surface area contributed by atoms with Crippen LogP contribution in [0.3, 0.4) is 0 Å². The van der Waals surface area contributed by atoms with E-state index in [4.69, 9.17) is 9.47 Å². The van der Waals surface area contributed by atoms with Gasteiger partial charge < -0.3 is 9.47 Å². The number of para-hydroxylation sites is 1. The summed E-state index contributed by atoms with van der Waals surface area (Å²) in [6, 6.07) is 5.01. The number of hydrogen-bond acceptors (Lipinski definition) is 4. The fourth-order valence-corrected chi connectivity index (χ4v) is 1.49. The van der Waals surface area contributed by atoms with Crippen LogP contribution in [0.25, 0.3) is 0 Å². The molecule has 0 aromatic heterocycles. The van der Waals surface area contributed by atoms with Crippen molar-refractivity contribution in [2.24, 2.45) is 0 Å². The maximum absolute atomic E-state index is 10.4. The molecule has 0 unspecified atom stereocenters. The van der Waals surface area contributed by atoms with Crippen LogP contribution < -0.4 is 14.2 Å². The van der Waals surface area contributed by atoms with Crippen LogP contribution in [0.4, 0.5) is 5.69 Å². The Morgan fingerprint density at radius 2 is 2.15 bits per heavy atom. The van der Waals surface area contributed by atoms with Gasteiger partial charge in [0.05, 0.1) is 5.69 Å². The third-order valence-corrected chi connectivity index (χ3v) is 2.03. The largest absolute Gasteiger partial charge is 0.454 e. The van der Waals surface area contributed by atoms with Crippen molar-refractivity contribution < 1.29 is 17.9 Å². The minimum atomic E-state index is -2.67. The number of thiol groups is 1. The Morgan fingerprint density at radius 1 is 1.31 bits per heavy atom. The summed E-state index contributed by atoms with van der Waals surface area (Å²) in [7, 11) is -2.67. The van der Waals surface area contributed by atoms with Crippen molar-refractivity contribution in [1.29, 1.82) is 0 Å². The van der Waals surface area contributed by atoms with E-state index in [0.717, 1.165) is 0 Å². The molecule has 0 saturated carbocycles. The summed E-state index contributed by atoms with van der Waals surface area (Å²) in [5, 5.41) is 0. The first-order valence-corrected chi connectivity index (χ1v) is 4.75. The monoisotopic (exact) mass is 201 g/mol. The highest BCUT2D eigenvalue weighted by Gasteiger charge is 2.16. The Kier molecular flexibility index (Phi) is 1.97. The molecule has 70 valence electrons. The summed E-state index contributed by atoms with van der Waals surface area (Å²) in [5.41, 5.74) is 0.408. The number of fused-ring (bicyclic) bond motifs is 1. The second kappa shape index (κ2) is 3.14. The maximum atomic E-state index is 10.4. The van der Waals surface area contributed by atoms with E-state index in [1.54, 1.807) is 18.2 Å². The summed E-state index contributed by atoms with van der Waals surface area (Å²) in [5.74, 6) is 1.00. The second-order valence-corrected chi connectivity index (χ2v) is 3.15. The molecule has 5 nitrogen and oxygen atoms in total. The van der Waals surface area contributed by atoms with Gasteiger partial charge in [0.15, 0.2) is 11.5 Å². The molecule has 6 heteroatoms. The molecular formula is C7H7NO4S. The van der Waals surface area contributed by atoms with Gasteiger partial charge in [-0.05, 0) is 12.1 Å². The van der Waals surface area contributed by atoms with Gasteiger partial charge in [-0.3, -0.25) is 4.72 Å². The average molecular weight is 201 g/mol. The first-order chi connectivity index (χ1) is 6.27. The van der Waals surface area contributed by atoms with Gasteiger partial charge in [-0.25, -0.2) is 8.42 Å². The number of anilines is 1. The van der Waals surface area contributed by atoms with Gasteiger partial charge in [-0.2, -0.15) is 0 Å². The topological polar surface area (TPSA) is 64.6 Å². The Hall–Kier alpha value is -1.43. The molecule has 0 saturated heterocycles. The predicted octanol–water partition coefficient (Wildman–Crippen LogP) is 0.354. The third-order valence-electron chi connectivity index (χ3n) is 1.61. The van der Waals surface area contributed by atoms with E-state index in [1.807, 2.05) is 0 Å². The number of nitrogens with one attached hydrogen (secondary N) is 1. The summed E-state index contributed by atoms with van der Waals surface area (Å²) in [6.07, 6.45) is 0. The molecule has 0 radical (unpaired) electrons. The number of hydrogen-bond donors (Lipinski definition) is 2. The van der Waals surface area contributed by atoms with E-state index >= 15 is 0 Å². The van der Waals surface area contributed by atoms with Crippen molar-refractivity contribution in [3.63, 3.8) is 0 Å². The lowest BCUT2D eigenvalue weighted by Gasteiger charge is -2.02. The maximum Gasteiger partial charge on any atom is 0.231 e. The van der Waals surface area contributed by atoms with Crippen molar-refractivity contribution in [3.05, 3.63) is 18.2 Å². The molecule has 0 amide bonds. The van der Waals surface area contributed by atoms with E-state index in [9.17, 15) is 8.42 Å². The van der Waals surface area contributed by atoms with E-state index < -0.39 is 10.9 Å². The Labute approximate surface area is 76.4 Å². The van der Waals surface area contributed by atoms with Crippen molar-refractivity contribution >= 4 is 16.6 Å². The Bertz CT molecular complexity index is 393. The molecule has 1 heterocycles. The van der Waals surface area contributed by atoms with Crippen LogP contribution in [0.15, 0.2) is 18.2 Å². The fraction of sp³-hybridized carbons (Fsp3) is 0.143. The highest BCUT2D eigenvalue weighted by atomic mass is 32.2. The average Bonchev–Trinajstić information content (AvgIpc) is 2.51. The number of ether oxygens (including phenoxy) is 2. The quantitative estimate of drug-likeness (QED) is 0.678. The van der Waals surface area contributed by atoms with Gasteiger partial charge in [0.2, 0.25) is 17.7 Å². The first kappa shape index (κ1) is 8.18. The zero-order valence-electron chi connectivity index (χ0n) is 6.52. The zero-order chi connectivity index (χ0) is 9.26. The van der Waals surface area contributed by atoms with Crippen LogP contribution in [0.2, 0.25) is 0 Å². The molecule has 0 bridgehead atoms. The molecule has 1 aromatic carbocycles. The van der Waals surface area contributed by atoms with Gasteiger partial charge in [-0.15, -0.1) is 0 Å². The van der Waals surface area contributed by atoms with Crippen molar-refractivity contribution in [2.75, 3.05) is 11.5 Å². The molecule has 1 aliphatic heterocycles. The predicted molar refractivity (Wildman–Crippen MR) is 46.5 cm³/mol. The van der Waals surface area contributed by atoms with Gasteiger partial charge in [0, 0.05) is 0 Å². The highest BCUT2D eigenvalue weighted by Crippen LogP contribution is 2.38. The molecule has 0 fully saturated rings. The molecule has 1 N–H and O–H groups in total. The molecule has 1 aromatic rings. The van der Waals surface area contributed by atoms with Gasteiger partial charge >= 0.3 is 0 Å². The molecule has 0 spiro atoms. The van der Waals surface area contributed by atoms with Crippen LogP contribution in [-0.2, 0) is 10.9 Å². The molecule has 0 atom stereocenters. The van der Waals surface area contributed by atoms with E-state index in [0.29, 0.717) is 17.2 Å². The number of rotatable bonds is 2. The SMILES string of the molecule is O=[SH](=O)Nc1cccc2c1OCO2. The molecule has 13 heavy (non-hydrogen) atoms. The van der Waals surface area contributed by atoms with E-state index in [2.05, 4.69) is 4.72 Å². The van der Waals surface area contributed by atoms with Gasteiger partial charge in [-0.1, -0.05) is 6.07 Å². The third kappa shape index (κ3) is 1.52. The van der Waals surface area contributed by atoms with Crippen LogP contribution in [0.1, 0.15) is 0 Å². The first-order valence-electron chi connectivity index (χ1n) is 3.57. The van der Waals surface area contributed by atoms with E-state index in [-0.39, 0.29) is 6.79 Å². The van der Waals surface area contributed by atoms with Gasteiger partial charge in [0.25, 0.3) is 0 Å². The minimum absolute atomic E-state index is 0.129. The van der Waals surface area contributed by atoms with E-state index in [1.165, 1.54) is 0 Å². The molecule has 1 aliphatic rings. The lowest BCUT2D eigenvalue weighted by molar-refractivity contribution is 0.174. The fourth-order valence-electron chi connectivity index (χ4n) is 1.12. The standard InChI is InChI=1S/C7H7NO4S/c9-13(10)8-5-2-1-3-6-7(5)12-4-11-6/h1-3,13H,4H2,(H,8,9,10). The summed E-state index contributed by atoms with van der Waals surface area (Å²) < 4.78 is 33.2. The minimum Gasteiger partial charge on any atom is -0.454 e. The summed E-state index contributed by atoms with van der Waals surface area (Å²) in [4.78, 5) is 0. The van der Waals surface area contributed by atoms with Gasteiger partial charge in [0.1, 0.15) is 0 Å².